The van der Waals surface area contributed by atoms with E-state index in [0.717, 1.165) is 17.0 Å². The van der Waals surface area contributed by atoms with Gasteiger partial charge < -0.3 is 4.57 Å². The van der Waals surface area contributed by atoms with E-state index < -0.39 is 0 Å². The van der Waals surface area contributed by atoms with Crippen LogP contribution in [0.25, 0.3) is 0 Å². The molecule has 1 rings (SSSR count). The zero-order valence-corrected chi connectivity index (χ0v) is 10.2. The second-order valence-corrected chi connectivity index (χ2v) is 4.86. The normalized spacial score (nSPS) is 11.5. The lowest BCUT2D eigenvalue weighted by atomic mass is 10.1. The van der Waals surface area contributed by atoms with E-state index in [1.54, 1.807) is 0 Å². The Morgan fingerprint density at radius 1 is 1.40 bits per heavy atom. The molecule has 2 heteroatoms. The van der Waals surface area contributed by atoms with Crippen LogP contribution in [0.3, 0.4) is 0 Å². The first kappa shape index (κ1) is 11.8. The summed E-state index contributed by atoms with van der Waals surface area (Å²) >= 11 is 0. The number of carbonyl (C=O) groups is 1. The Bertz CT molecular complexity index is 405. The Hall–Kier alpha value is -1.31. The van der Waals surface area contributed by atoms with Gasteiger partial charge in [-0.05, 0) is 46.8 Å². The molecule has 82 valence electrons. The number of nitrogens with zero attached hydrogens (tertiary/aromatic N) is 1. The fourth-order valence-corrected chi connectivity index (χ4v) is 2.15. The van der Waals surface area contributed by atoms with Crippen molar-refractivity contribution in [2.45, 2.75) is 40.2 Å². The van der Waals surface area contributed by atoms with Crippen molar-refractivity contribution in [1.29, 1.82) is 0 Å². The molecule has 0 aromatic carbocycles. The van der Waals surface area contributed by atoms with Crippen LogP contribution >= 0.6 is 0 Å². The van der Waals surface area contributed by atoms with Gasteiger partial charge in [0.15, 0.2) is 5.78 Å². The van der Waals surface area contributed by atoms with Gasteiger partial charge in [-0.15, -0.1) is 0 Å². The van der Waals surface area contributed by atoms with Crippen molar-refractivity contribution < 1.29 is 4.79 Å². The van der Waals surface area contributed by atoms with Gasteiger partial charge in [0.05, 0.1) is 0 Å². The number of rotatable bonds is 2. The first-order valence-electron chi connectivity index (χ1n) is 5.15. The molecule has 1 aromatic heterocycles. The second-order valence-electron chi connectivity index (χ2n) is 4.86. The maximum absolute atomic E-state index is 11.6. The van der Waals surface area contributed by atoms with Crippen LogP contribution in [0.4, 0.5) is 0 Å². The van der Waals surface area contributed by atoms with E-state index in [9.17, 15) is 4.79 Å². The van der Waals surface area contributed by atoms with Crippen molar-refractivity contribution >= 4 is 5.78 Å². The van der Waals surface area contributed by atoms with Crippen LogP contribution in [0.1, 0.15) is 42.5 Å². The van der Waals surface area contributed by atoms with Crippen LogP contribution in [0.5, 0.6) is 0 Å². The molecule has 2 nitrogen and oxygen atoms in total. The van der Waals surface area contributed by atoms with Gasteiger partial charge in [0, 0.05) is 22.5 Å². The van der Waals surface area contributed by atoms with Crippen LogP contribution < -0.4 is 0 Å². The van der Waals surface area contributed by atoms with Gasteiger partial charge in [0.25, 0.3) is 0 Å². The minimum atomic E-state index is -0.00130. The summed E-state index contributed by atoms with van der Waals surface area (Å²) in [5.41, 5.74) is 2.90. The molecule has 0 bridgehead atoms. The summed E-state index contributed by atoms with van der Waals surface area (Å²) in [4.78, 5) is 11.6. The quantitative estimate of drug-likeness (QED) is 0.536. The van der Waals surface area contributed by atoms with Crippen LogP contribution in [0.2, 0.25) is 0 Å². The molecule has 0 N–H and O–H groups in total. The summed E-state index contributed by atoms with van der Waals surface area (Å²) in [6.45, 7) is 13.9. The molecule has 0 radical (unpaired) electrons. The van der Waals surface area contributed by atoms with E-state index >= 15 is 0 Å². The van der Waals surface area contributed by atoms with Crippen molar-refractivity contribution in [3.63, 3.8) is 0 Å². The highest BCUT2D eigenvalue weighted by atomic mass is 16.1. The smallest absolute Gasteiger partial charge is 0.187 e. The molecule has 0 spiro atoms. The third-order valence-corrected chi connectivity index (χ3v) is 2.55. The molecular formula is C13H19NO. The van der Waals surface area contributed by atoms with Gasteiger partial charge in [-0.3, -0.25) is 4.79 Å². The molecule has 1 aromatic rings. The fraction of sp³-hybridized carbons (Fsp3) is 0.462. The van der Waals surface area contributed by atoms with Crippen LogP contribution in [0, 0.1) is 13.8 Å². The number of aromatic nitrogens is 1. The summed E-state index contributed by atoms with van der Waals surface area (Å²) in [6.07, 6.45) is 1.37. The number of allylic oxidation sites excluding steroid dienone is 1. The minimum Gasteiger partial charge on any atom is -0.343 e. The molecule has 0 saturated carbocycles. The number of aryl methyl sites for hydroxylation is 1. The predicted octanol–water partition coefficient (Wildman–Crippen LogP) is 3.23. The summed E-state index contributed by atoms with van der Waals surface area (Å²) in [5, 5.41) is 0. The van der Waals surface area contributed by atoms with Crippen LogP contribution in [-0.4, -0.2) is 10.4 Å². The first-order valence-corrected chi connectivity index (χ1v) is 5.15. The van der Waals surface area contributed by atoms with Crippen LogP contribution in [0.15, 0.2) is 18.7 Å². The fourth-order valence-electron chi connectivity index (χ4n) is 2.15. The summed E-state index contributed by atoms with van der Waals surface area (Å²) < 4.78 is 2.18. The number of carbonyl (C=O) groups excluding carboxylic acids is 1. The molecule has 0 aliphatic heterocycles. The SMILES string of the molecule is C=CC(=O)c1cc(C)n(C(C)(C)C)c1C. The topological polar surface area (TPSA) is 22.0 Å². The first-order chi connectivity index (χ1) is 6.79. The molecule has 15 heavy (non-hydrogen) atoms. The average Bonchev–Trinajstić information content (AvgIpc) is 2.39. The van der Waals surface area contributed by atoms with E-state index in [2.05, 4.69) is 31.9 Å². The number of hydrogen-bond donors (Lipinski definition) is 0. The van der Waals surface area contributed by atoms with Crippen molar-refractivity contribution in [1.82, 2.24) is 4.57 Å². The third-order valence-electron chi connectivity index (χ3n) is 2.55. The number of ketones is 1. The van der Waals surface area contributed by atoms with Gasteiger partial charge >= 0.3 is 0 Å². The Morgan fingerprint density at radius 3 is 2.27 bits per heavy atom. The van der Waals surface area contributed by atoms with Crippen molar-refractivity contribution in [3.8, 4) is 0 Å². The lowest BCUT2D eigenvalue weighted by Crippen LogP contribution is -2.24. The molecule has 1 heterocycles. The Labute approximate surface area is 91.6 Å². The highest BCUT2D eigenvalue weighted by Gasteiger charge is 2.21. The predicted molar refractivity (Wildman–Crippen MR) is 63.4 cm³/mol. The maximum Gasteiger partial charge on any atom is 0.187 e. The van der Waals surface area contributed by atoms with E-state index in [0.29, 0.717) is 0 Å². The lowest BCUT2D eigenvalue weighted by Gasteiger charge is -2.25. The van der Waals surface area contributed by atoms with Gasteiger partial charge in [-0.1, -0.05) is 6.58 Å². The molecule has 0 amide bonds. The molecule has 0 fully saturated rings. The summed E-state index contributed by atoms with van der Waals surface area (Å²) in [7, 11) is 0. The summed E-state index contributed by atoms with van der Waals surface area (Å²) in [6, 6.07) is 1.94. The zero-order valence-electron chi connectivity index (χ0n) is 10.2. The Morgan fingerprint density at radius 2 is 1.93 bits per heavy atom. The Kier molecular flexibility index (Phi) is 2.89. The van der Waals surface area contributed by atoms with E-state index in [1.807, 2.05) is 19.9 Å². The largest absolute Gasteiger partial charge is 0.343 e. The van der Waals surface area contributed by atoms with Crippen molar-refractivity contribution in [2.75, 3.05) is 0 Å². The zero-order chi connectivity index (χ0) is 11.8. The highest BCUT2D eigenvalue weighted by Crippen LogP contribution is 2.24. The standard InChI is InChI=1S/C13H19NO/c1-7-12(15)11-8-9(2)14(10(11)3)13(4,5)6/h7-8H,1H2,2-6H3. The van der Waals surface area contributed by atoms with Crippen molar-refractivity contribution in [2.24, 2.45) is 0 Å². The molecular weight excluding hydrogens is 186 g/mol. The maximum atomic E-state index is 11.6. The average molecular weight is 205 g/mol. The lowest BCUT2D eigenvalue weighted by molar-refractivity contribution is 0.104. The summed E-state index contributed by atoms with van der Waals surface area (Å²) in [5.74, 6) is -0.00130. The van der Waals surface area contributed by atoms with Gasteiger partial charge in [0.2, 0.25) is 0 Å². The molecule has 0 saturated heterocycles. The van der Waals surface area contributed by atoms with Gasteiger partial charge in [-0.2, -0.15) is 0 Å². The molecule has 0 aliphatic rings. The van der Waals surface area contributed by atoms with Gasteiger partial charge in [-0.25, -0.2) is 0 Å². The third kappa shape index (κ3) is 2.04. The van der Waals surface area contributed by atoms with E-state index in [-0.39, 0.29) is 11.3 Å². The van der Waals surface area contributed by atoms with E-state index in [4.69, 9.17) is 0 Å². The second kappa shape index (κ2) is 3.69. The molecule has 0 atom stereocenters. The Balaban J connectivity index is 3.39. The number of hydrogen-bond acceptors (Lipinski definition) is 1. The van der Waals surface area contributed by atoms with Gasteiger partial charge in [0.1, 0.15) is 0 Å². The highest BCUT2D eigenvalue weighted by molar-refractivity contribution is 6.05. The molecule has 0 unspecified atom stereocenters. The monoisotopic (exact) mass is 205 g/mol. The minimum absolute atomic E-state index is 0.00130. The van der Waals surface area contributed by atoms with Crippen molar-refractivity contribution in [3.05, 3.63) is 35.7 Å². The molecule has 0 aliphatic carbocycles. The van der Waals surface area contributed by atoms with E-state index in [1.165, 1.54) is 6.08 Å². The van der Waals surface area contributed by atoms with Crippen LogP contribution in [-0.2, 0) is 5.54 Å².